The van der Waals surface area contributed by atoms with Crippen molar-refractivity contribution in [1.29, 1.82) is 0 Å². The zero-order chi connectivity index (χ0) is 10.7. The Bertz CT molecular complexity index is 358. The maximum absolute atomic E-state index is 11.5. The summed E-state index contributed by atoms with van der Waals surface area (Å²) in [6.07, 6.45) is 4.21. The van der Waals surface area contributed by atoms with Crippen LogP contribution in [0, 0.1) is 5.92 Å². The molecule has 1 aliphatic carbocycles. The molecule has 3 heteroatoms. The van der Waals surface area contributed by atoms with Crippen molar-refractivity contribution in [3.05, 3.63) is 24.3 Å². The number of para-hydroxylation sites is 2. The Hall–Kier alpha value is -1.51. The van der Waals surface area contributed by atoms with Crippen molar-refractivity contribution in [1.82, 2.24) is 0 Å². The maximum Gasteiger partial charge on any atom is 0.224 e. The third-order valence-electron chi connectivity index (χ3n) is 2.71. The maximum atomic E-state index is 11.5. The molecule has 2 rings (SSSR count). The fourth-order valence-corrected chi connectivity index (χ4v) is 1.57. The molecule has 15 heavy (non-hydrogen) atoms. The van der Waals surface area contributed by atoms with Crippen LogP contribution in [0.2, 0.25) is 0 Å². The van der Waals surface area contributed by atoms with Gasteiger partial charge in [-0.15, -0.1) is 0 Å². The number of carbonyl (C=O) groups is 1. The Labute approximate surface area is 89.7 Å². The number of hydrogen-bond acceptors (Lipinski definition) is 2. The summed E-state index contributed by atoms with van der Waals surface area (Å²) in [6.45, 7) is 0. The van der Waals surface area contributed by atoms with Crippen molar-refractivity contribution < 1.29 is 4.79 Å². The second-order valence-electron chi connectivity index (χ2n) is 4.12. The summed E-state index contributed by atoms with van der Waals surface area (Å²) in [7, 11) is 0. The first-order chi connectivity index (χ1) is 7.25. The average Bonchev–Trinajstić information content (AvgIpc) is 3.02. The smallest absolute Gasteiger partial charge is 0.224 e. The molecular formula is C12H16N2O. The Morgan fingerprint density at radius 3 is 2.80 bits per heavy atom. The predicted octanol–water partition coefficient (Wildman–Crippen LogP) is 2.40. The Kier molecular flexibility index (Phi) is 2.90. The fraction of sp³-hybridized carbons (Fsp3) is 0.417. The normalized spacial score (nSPS) is 14.9. The van der Waals surface area contributed by atoms with E-state index in [1.54, 1.807) is 6.07 Å². The van der Waals surface area contributed by atoms with Crippen molar-refractivity contribution in [2.75, 3.05) is 11.1 Å². The molecule has 1 aromatic rings. The number of benzene rings is 1. The minimum atomic E-state index is 0.0693. The lowest BCUT2D eigenvalue weighted by molar-refractivity contribution is -0.116. The van der Waals surface area contributed by atoms with Crippen molar-refractivity contribution in [2.45, 2.75) is 25.7 Å². The minimum absolute atomic E-state index is 0.0693. The second kappa shape index (κ2) is 4.34. The highest BCUT2D eigenvalue weighted by atomic mass is 16.1. The molecule has 0 aliphatic heterocycles. The lowest BCUT2D eigenvalue weighted by Crippen LogP contribution is -2.12. The van der Waals surface area contributed by atoms with Gasteiger partial charge in [0, 0.05) is 6.42 Å². The van der Waals surface area contributed by atoms with Gasteiger partial charge < -0.3 is 11.1 Å². The SMILES string of the molecule is Nc1ccccc1NC(=O)CCC1CC1. The summed E-state index contributed by atoms with van der Waals surface area (Å²) in [5.41, 5.74) is 7.07. The predicted molar refractivity (Wildman–Crippen MR) is 61.4 cm³/mol. The molecule has 1 saturated carbocycles. The van der Waals surface area contributed by atoms with Gasteiger partial charge in [-0.2, -0.15) is 0 Å². The first-order valence-corrected chi connectivity index (χ1v) is 5.40. The quantitative estimate of drug-likeness (QED) is 0.740. The van der Waals surface area contributed by atoms with Crippen LogP contribution < -0.4 is 11.1 Å². The van der Waals surface area contributed by atoms with Crippen LogP contribution in [0.1, 0.15) is 25.7 Å². The van der Waals surface area contributed by atoms with E-state index in [0.717, 1.165) is 18.0 Å². The Morgan fingerprint density at radius 1 is 1.40 bits per heavy atom. The lowest BCUT2D eigenvalue weighted by Gasteiger charge is -2.07. The number of nitrogens with two attached hydrogens (primary N) is 1. The van der Waals surface area contributed by atoms with Crippen molar-refractivity contribution in [3.63, 3.8) is 0 Å². The second-order valence-corrected chi connectivity index (χ2v) is 4.12. The van der Waals surface area contributed by atoms with Crippen LogP contribution in [0.25, 0.3) is 0 Å². The molecule has 0 heterocycles. The summed E-state index contributed by atoms with van der Waals surface area (Å²) in [5, 5.41) is 2.83. The van der Waals surface area contributed by atoms with Gasteiger partial charge in [0.1, 0.15) is 0 Å². The van der Waals surface area contributed by atoms with Gasteiger partial charge in [0.25, 0.3) is 0 Å². The van der Waals surface area contributed by atoms with E-state index in [1.165, 1.54) is 12.8 Å². The Morgan fingerprint density at radius 2 is 2.13 bits per heavy atom. The van der Waals surface area contributed by atoms with Gasteiger partial charge in [-0.25, -0.2) is 0 Å². The molecule has 0 saturated heterocycles. The van der Waals surface area contributed by atoms with Crippen LogP contribution in [0.15, 0.2) is 24.3 Å². The third-order valence-corrected chi connectivity index (χ3v) is 2.71. The number of hydrogen-bond donors (Lipinski definition) is 2. The zero-order valence-corrected chi connectivity index (χ0v) is 8.70. The summed E-state index contributed by atoms with van der Waals surface area (Å²) < 4.78 is 0. The van der Waals surface area contributed by atoms with E-state index >= 15 is 0 Å². The molecule has 1 aliphatic rings. The zero-order valence-electron chi connectivity index (χ0n) is 8.70. The molecule has 0 bridgehead atoms. The van der Waals surface area contributed by atoms with Gasteiger partial charge in [0.05, 0.1) is 11.4 Å². The topological polar surface area (TPSA) is 55.1 Å². The highest BCUT2D eigenvalue weighted by Crippen LogP contribution is 2.33. The van der Waals surface area contributed by atoms with Crippen LogP contribution in [0.5, 0.6) is 0 Å². The molecule has 3 nitrogen and oxygen atoms in total. The number of carbonyl (C=O) groups excluding carboxylic acids is 1. The molecule has 0 unspecified atom stereocenters. The van der Waals surface area contributed by atoms with E-state index in [4.69, 9.17) is 5.73 Å². The van der Waals surface area contributed by atoms with Crippen LogP contribution >= 0.6 is 0 Å². The summed E-state index contributed by atoms with van der Waals surface area (Å²) >= 11 is 0. The van der Waals surface area contributed by atoms with E-state index in [9.17, 15) is 4.79 Å². The van der Waals surface area contributed by atoms with Crippen LogP contribution in [-0.4, -0.2) is 5.91 Å². The van der Waals surface area contributed by atoms with Crippen LogP contribution in [0.4, 0.5) is 11.4 Å². The fourth-order valence-electron chi connectivity index (χ4n) is 1.57. The van der Waals surface area contributed by atoms with Crippen LogP contribution in [-0.2, 0) is 4.79 Å². The first-order valence-electron chi connectivity index (χ1n) is 5.40. The van der Waals surface area contributed by atoms with Crippen LogP contribution in [0.3, 0.4) is 0 Å². The minimum Gasteiger partial charge on any atom is -0.397 e. The summed E-state index contributed by atoms with van der Waals surface area (Å²) in [6, 6.07) is 7.34. The van der Waals surface area contributed by atoms with E-state index in [2.05, 4.69) is 5.32 Å². The average molecular weight is 204 g/mol. The van der Waals surface area contributed by atoms with Crippen molar-refractivity contribution in [3.8, 4) is 0 Å². The lowest BCUT2D eigenvalue weighted by atomic mass is 10.2. The van der Waals surface area contributed by atoms with Gasteiger partial charge in [0.2, 0.25) is 5.91 Å². The monoisotopic (exact) mass is 204 g/mol. The van der Waals surface area contributed by atoms with Gasteiger partial charge in [-0.1, -0.05) is 25.0 Å². The number of rotatable bonds is 4. The van der Waals surface area contributed by atoms with Gasteiger partial charge >= 0.3 is 0 Å². The molecule has 0 atom stereocenters. The molecule has 0 aromatic heterocycles. The number of amides is 1. The highest BCUT2D eigenvalue weighted by molar-refractivity contribution is 5.93. The van der Waals surface area contributed by atoms with Crippen molar-refractivity contribution in [2.24, 2.45) is 5.92 Å². The van der Waals surface area contributed by atoms with E-state index in [-0.39, 0.29) is 5.91 Å². The van der Waals surface area contributed by atoms with E-state index < -0.39 is 0 Å². The molecule has 0 spiro atoms. The van der Waals surface area contributed by atoms with Gasteiger partial charge in [-0.05, 0) is 24.5 Å². The summed E-state index contributed by atoms with van der Waals surface area (Å²) in [4.78, 5) is 11.5. The number of nitrogen functional groups attached to an aromatic ring is 1. The molecule has 1 amide bonds. The number of anilines is 2. The molecule has 1 fully saturated rings. The molecule has 0 radical (unpaired) electrons. The van der Waals surface area contributed by atoms with Gasteiger partial charge in [-0.3, -0.25) is 4.79 Å². The molecule has 80 valence electrons. The third kappa shape index (κ3) is 2.98. The number of nitrogens with one attached hydrogen (secondary N) is 1. The molecular weight excluding hydrogens is 188 g/mol. The van der Waals surface area contributed by atoms with Crippen molar-refractivity contribution >= 4 is 17.3 Å². The highest BCUT2D eigenvalue weighted by Gasteiger charge is 2.21. The largest absolute Gasteiger partial charge is 0.397 e. The van der Waals surface area contributed by atoms with Gasteiger partial charge in [0.15, 0.2) is 0 Å². The summed E-state index contributed by atoms with van der Waals surface area (Å²) in [5.74, 6) is 0.865. The standard InChI is InChI=1S/C12H16N2O/c13-10-3-1-2-4-11(10)14-12(15)8-7-9-5-6-9/h1-4,9H,5-8,13H2,(H,14,15). The molecule has 3 N–H and O–H groups in total. The Balaban J connectivity index is 1.84. The van der Waals surface area contributed by atoms with E-state index in [0.29, 0.717) is 12.1 Å². The first kappa shape index (κ1) is 10.0. The van der Waals surface area contributed by atoms with E-state index in [1.807, 2.05) is 18.2 Å². The molecule has 1 aromatic carbocycles.